The third kappa shape index (κ3) is 7.08. The van der Waals surface area contributed by atoms with Crippen molar-refractivity contribution in [2.45, 2.75) is 43.0 Å². The molecule has 0 radical (unpaired) electrons. The number of nitrogens with one attached hydrogen (secondary N) is 1. The lowest BCUT2D eigenvalue weighted by Crippen LogP contribution is -2.49. The fraction of sp³-hybridized carbons (Fsp3) is 0.478. The van der Waals surface area contributed by atoms with Gasteiger partial charge in [0.15, 0.2) is 27.5 Å². The molecule has 37 heavy (non-hydrogen) atoms. The number of hydrogen-bond acceptors (Lipinski definition) is 8. The number of amides is 1. The van der Waals surface area contributed by atoms with Crippen molar-refractivity contribution in [1.82, 2.24) is 9.80 Å². The molecule has 10 nitrogen and oxygen atoms in total. The number of alkyl halides is 3. The normalized spacial score (nSPS) is 20.0. The molecule has 2 aliphatic rings. The summed E-state index contributed by atoms with van der Waals surface area (Å²) in [6.45, 7) is 6.24. The second-order valence-electron chi connectivity index (χ2n) is 8.65. The van der Waals surface area contributed by atoms with Gasteiger partial charge in [-0.25, -0.2) is 18.2 Å². The summed E-state index contributed by atoms with van der Waals surface area (Å²) in [7, 11) is -3.35. The van der Waals surface area contributed by atoms with Gasteiger partial charge in [0, 0.05) is 31.1 Å². The number of carbonyl (C=O) groups is 1. The van der Waals surface area contributed by atoms with Crippen LogP contribution >= 0.6 is 0 Å². The van der Waals surface area contributed by atoms with Crippen molar-refractivity contribution in [1.29, 1.82) is 0 Å². The highest BCUT2D eigenvalue weighted by atomic mass is 32.2. The zero-order valence-electron chi connectivity index (χ0n) is 20.5. The molecule has 3 N–H and O–H groups in total. The fourth-order valence-corrected chi connectivity index (χ4v) is 4.63. The maximum Gasteiger partial charge on any atom is 0.425 e. The van der Waals surface area contributed by atoms with E-state index < -0.39 is 28.2 Å². The van der Waals surface area contributed by atoms with E-state index in [1.54, 1.807) is 12.1 Å². The molecule has 0 spiro atoms. The highest BCUT2D eigenvalue weighted by Crippen LogP contribution is 2.31. The third-order valence-corrected chi connectivity index (χ3v) is 7.18. The summed E-state index contributed by atoms with van der Waals surface area (Å²) in [5, 5.41) is 3.07. The van der Waals surface area contributed by atoms with Gasteiger partial charge in [-0.3, -0.25) is 0 Å². The summed E-state index contributed by atoms with van der Waals surface area (Å²) in [6.07, 6.45) is -4.59. The minimum atomic E-state index is -4.62. The predicted octanol–water partition coefficient (Wildman–Crippen LogP) is 3.06. The van der Waals surface area contributed by atoms with Crippen LogP contribution in [0.15, 0.2) is 58.0 Å². The Hall–Kier alpha value is -3.42. The van der Waals surface area contributed by atoms with Crippen LogP contribution in [0.4, 0.5) is 23.7 Å². The highest BCUT2D eigenvalue weighted by molar-refractivity contribution is 7.90. The first-order valence-electron chi connectivity index (χ1n) is 11.5. The van der Waals surface area contributed by atoms with Crippen LogP contribution in [0.1, 0.15) is 19.8 Å². The molecule has 3 rings (SSSR count). The van der Waals surface area contributed by atoms with Gasteiger partial charge in [0.2, 0.25) is 0 Å². The van der Waals surface area contributed by atoms with E-state index in [1.165, 1.54) is 17.0 Å². The molecule has 1 aromatic carbocycles. The van der Waals surface area contributed by atoms with Crippen LogP contribution in [0.25, 0.3) is 0 Å². The number of benzene rings is 1. The van der Waals surface area contributed by atoms with Crippen LogP contribution in [-0.4, -0.2) is 81.5 Å². The highest BCUT2D eigenvalue weighted by Gasteiger charge is 2.40. The van der Waals surface area contributed by atoms with Gasteiger partial charge in [-0.1, -0.05) is 6.58 Å². The van der Waals surface area contributed by atoms with Crippen LogP contribution in [0.2, 0.25) is 0 Å². The third-order valence-electron chi connectivity index (χ3n) is 6.05. The Morgan fingerprint density at radius 3 is 2.43 bits per heavy atom. The van der Waals surface area contributed by atoms with Gasteiger partial charge in [-0.2, -0.15) is 13.2 Å². The molecule has 2 heterocycles. The Morgan fingerprint density at radius 1 is 1.27 bits per heavy atom. The Balaban J connectivity index is 1.69. The fourth-order valence-electron chi connectivity index (χ4n) is 4.00. The SMILES string of the molecule is C=C1/C(=C(\N=C/N)Nc2ccc(S(C)(=O)=O)cc2)OCCN1C1CCN(C(=O)OC(C)C(F)(F)F)CC1. The molecule has 204 valence electrons. The van der Waals surface area contributed by atoms with Crippen molar-refractivity contribution in [3.05, 3.63) is 48.1 Å². The summed E-state index contributed by atoms with van der Waals surface area (Å²) in [4.78, 5) is 19.7. The van der Waals surface area contributed by atoms with Crippen molar-refractivity contribution in [3.8, 4) is 0 Å². The van der Waals surface area contributed by atoms with E-state index >= 15 is 0 Å². The van der Waals surface area contributed by atoms with Gasteiger partial charge < -0.3 is 30.3 Å². The maximum absolute atomic E-state index is 12.7. The number of piperidine rings is 1. The number of halogens is 3. The molecule has 2 fully saturated rings. The van der Waals surface area contributed by atoms with Crippen molar-refractivity contribution >= 4 is 28.0 Å². The van der Waals surface area contributed by atoms with E-state index in [2.05, 4.69) is 21.6 Å². The molecule has 1 atom stereocenters. The van der Waals surface area contributed by atoms with Crippen LogP contribution < -0.4 is 11.1 Å². The first kappa shape index (κ1) is 28.2. The minimum Gasteiger partial charge on any atom is -0.486 e. The van der Waals surface area contributed by atoms with Crippen molar-refractivity contribution in [3.63, 3.8) is 0 Å². The van der Waals surface area contributed by atoms with Crippen LogP contribution in [-0.2, 0) is 19.3 Å². The molecule has 0 aliphatic carbocycles. The van der Waals surface area contributed by atoms with E-state index in [9.17, 15) is 26.4 Å². The van der Waals surface area contributed by atoms with Crippen molar-refractivity contribution in [2.75, 3.05) is 37.8 Å². The number of nitrogens with zero attached hydrogens (tertiary/aromatic N) is 3. The first-order chi connectivity index (χ1) is 17.3. The summed E-state index contributed by atoms with van der Waals surface area (Å²) in [5.74, 6) is 0.618. The van der Waals surface area contributed by atoms with Gasteiger partial charge in [-0.05, 0) is 44.0 Å². The molecular formula is C23H30F3N5O5S. The van der Waals surface area contributed by atoms with E-state index in [4.69, 9.17) is 10.5 Å². The molecule has 2 saturated heterocycles. The van der Waals surface area contributed by atoms with Gasteiger partial charge >= 0.3 is 12.3 Å². The molecule has 0 saturated carbocycles. The van der Waals surface area contributed by atoms with Gasteiger partial charge in [-0.15, -0.1) is 0 Å². The zero-order chi connectivity index (χ0) is 27.4. The number of carbonyl (C=O) groups excluding carboxylic acids is 1. The molecule has 0 aromatic heterocycles. The average Bonchev–Trinajstić information content (AvgIpc) is 2.83. The van der Waals surface area contributed by atoms with Gasteiger partial charge in [0.1, 0.15) is 6.61 Å². The van der Waals surface area contributed by atoms with Gasteiger partial charge in [0.25, 0.3) is 0 Å². The average molecular weight is 546 g/mol. The quantitative estimate of drug-likeness (QED) is 0.413. The standard InChI is InChI=1S/C23H30F3N5O5S/c1-15-20(21(28-14-27)29-17-4-6-19(7-5-17)37(3,33)34)35-13-12-31(15)18-8-10-30(11-9-18)22(32)36-16(2)23(24,25)26/h4-7,14,16,18,29H,1,8-13H2,2-3H3,(H2,27,28)/b21-20-. The van der Waals surface area contributed by atoms with Gasteiger partial charge in [0.05, 0.1) is 23.5 Å². The number of aliphatic imine (C=N–C) groups is 1. The Labute approximate surface area is 213 Å². The molecule has 1 unspecified atom stereocenters. The summed E-state index contributed by atoms with van der Waals surface area (Å²) in [6, 6.07) is 6.06. The lowest BCUT2D eigenvalue weighted by Gasteiger charge is -2.42. The number of anilines is 1. The monoisotopic (exact) mass is 545 g/mol. The number of hydrogen-bond donors (Lipinski definition) is 2. The minimum absolute atomic E-state index is 0.0346. The smallest absolute Gasteiger partial charge is 0.425 e. The lowest BCUT2D eigenvalue weighted by atomic mass is 10.0. The number of morpholine rings is 1. The molecule has 1 amide bonds. The van der Waals surface area contributed by atoms with E-state index in [1.807, 2.05) is 4.90 Å². The summed E-state index contributed by atoms with van der Waals surface area (Å²) < 4.78 is 71.9. The van der Waals surface area contributed by atoms with Crippen LogP contribution in [0.3, 0.4) is 0 Å². The molecule has 14 heteroatoms. The largest absolute Gasteiger partial charge is 0.486 e. The van der Waals surface area contributed by atoms with Crippen molar-refractivity contribution in [2.24, 2.45) is 10.7 Å². The van der Waals surface area contributed by atoms with Crippen LogP contribution in [0.5, 0.6) is 0 Å². The first-order valence-corrected chi connectivity index (χ1v) is 13.4. The zero-order valence-corrected chi connectivity index (χ0v) is 21.3. The number of sulfone groups is 1. The number of nitrogens with two attached hydrogens (primary N) is 1. The summed E-state index contributed by atoms with van der Waals surface area (Å²) >= 11 is 0. The Morgan fingerprint density at radius 2 is 1.89 bits per heavy atom. The summed E-state index contributed by atoms with van der Waals surface area (Å²) in [5.41, 5.74) is 6.61. The Kier molecular flexibility index (Phi) is 8.61. The predicted molar refractivity (Wildman–Crippen MR) is 131 cm³/mol. The molecule has 2 aliphatic heterocycles. The van der Waals surface area contributed by atoms with E-state index in [-0.39, 0.29) is 29.8 Å². The van der Waals surface area contributed by atoms with E-state index in [0.717, 1.165) is 19.5 Å². The maximum atomic E-state index is 12.7. The lowest BCUT2D eigenvalue weighted by molar-refractivity contribution is -0.199. The second kappa shape index (κ2) is 11.3. The number of ether oxygens (including phenoxy) is 2. The van der Waals surface area contributed by atoms with E-state index in [0.29, 0.717) is 43.1 Å². The second-order valence-corrected chi connectivity index (χ2v) is 10.7. The number of rotatable bonds is 6. The molecule has 1 aromatic rings. The Bertz CT molecular complexity index is 1160. The van der Waals surface area contributed by atoms with Crippen LogP contribution in [0, 0.1) is 0 Å². The number of likely N-dealkylation sites (tertiary alicyclic amines) is 1. The molecular weight excluding hydrogens is 515 g/mol. The molecule has 0 bridgehead atoms. The van der Waals surface area contributed by atoms with Crippen molar-refractivity contribution < 1.29 is 35.9 Å². The topological polar surface area (TPSA) is 127 Å².